The van der Waals surface area contributed by atoms with Crippen LogP contribution in [0.4, 0.5) is 4.39 Å². The third-order valence-electron chi connectivity index (χ3n) is 6.04. The number of nitrogens with zero attached hydrogens (tertiary/aromatic N) is 4. The molecule has 0 spiro atoms. The fourth-order valence-electron chi connectivity index (χ4n) is 4.33. The molecule has 2 unspecified atom stereocenters. The number of nitrogens with one attached hydrogen (secondary N) is 1. The molecule has 2 atom stereocenters. The first-order chi connectivity index (χ1) is 15.0. The summed E-state index contributed by atoms with van der Waals surface area (Å²) in [5.41, 5.74) is 1.81. The predicted molar refractivity (Wildman–Crippen MR) is 115 cm³/mol. The fraction of sp³-hybridized carbons (Fsp3) is 0.391. The highest BCUT2D eigenvalue weighted by atomic mass is 19.1. The Hall–Kier alpha value is -3.29. The number of aromatic nitrogens is 3. The lowest BCUT2D eigenvalue weighted by molar-refractivity contribution is -0.130. The molecule has 1 fully saturated rings. The first kappa shape index (κ1) is 21.0. The summed E-state index contributed by atoms with van der Waals surface area (Å²) >= 11 is 0. The van der Waals surface area contributed by atoms with Gasteiger partial charge in [-0.15, -0.1) is 0 Å². The molecule has 0 aliphatic carbocycles. The summed E-state index contributed by atoms with van der Waals surface area (Å²) in [6.45, 7) is 5.08. The highest BCUT2D eigenvalue weighted by molar-refractivity contribution is 6.06. The third kappa shape index (κ3) is 4.28. The number of fused-ring (bicyclic) bond motifs is 1. The van der Waals surface area contributed by atoms with Gasteiger partial charge in [-0.25, -0.2) is 9.07 Å². The number of hydrogen-bond acceptors (Lipinski definition) is 4. The number of carbonyl (C=O) groups is 2. The molecule has 1 N–H and O–H groups in total. The monoisotopic (exact) mass is 423 g/mol. The van der Waals surface area contributed by atoms with Gasteiger partial charge in [0.25, 0.3) is 5.91 Å². The number of benzene rings is 1. The van der Waals surface area contributed by atoms with Crippen LogP contribution in [0.5, 0.6) is 0 Å². The maximum absolute atomic E-state index is 13.3. The molecule has 0 saturated carbocycles. The maximum atomic E-state index is 13.3. The Labute approximate surface area is 180 Å². The van der Waals surface area contributed by atoms with Crippen LogP contribution < -0.4 is 5.32 Å². The van der Waals surface area contributed by atoms with Gasteiger partial charge in [-0.1, -0.05) is 6.92 Å². The largest absolute Gasteiger partial charge is 0.349 e. The van der Waals surface area contributed by atoms with Crippen molar-refractivity contribution in [3.8, 4) is 5.69 Å². The molecule has 1 saturated heterocycles. The SMILES string of the molecule is CCC(NC(=O)c1cncc2c1cnn2-c1ccc(F)cc1)C1CCCN(C(C)=O)C1. The number of likely N-dealkylation sites (tertiary alicyclic amines) is 1. The van der Waals surface area contributed by atoms with E-state index in [1.54, 1.807) is 42.3 Å². The molecule has 1 aliphatic heterocycles. The van der Waals surface area contributed by atoms with E-state index >= 15 is 0 Å². The second-order valence-electron chi connectivity index (χ2n) is 8.01. The van der Waals surface area contributed by atoms with Crippen LogP contribution in [0.25, 0.3) is 16.6 Å². The maximum Gasteiger partial charge on any atom is 0.253 e. The van der Waals surface area contributed by atoms with Crippen molar-refractivity contribution in [3.63, 3.8) is 0 Å². The van der Waals surface area contributed by atoms with Gasteiger partial charge in [0.15, 0.2) is 0 Å². The van der Waals surface area contributed by atoms with Crippen molar-refractivity contribution in [2.45, 2.75) is 39.2 Å². The normalized spacial score (nSPS) is 17.5. The van der Waals surface area contributed by atoms with Crippen LogP contribution in [0.3, 0.4) is 0 Å². The molecule has 0 radical (unpaired) electrons. The average molecular weight is 423 g/mol. The molecule has 4 rings (SSSR count). The second-order valence-corrected chi connectivity index (χ2v) is 8.01. The summed E-state index contributed by atoms with van der Waals surface area (Å²) in [5.74, 6) is -0.229. The number of carbonyl (C=O) groups excluding carboxylic acids is 2. The summed E-state index contributed by atoms with van der Waals surface area (Å²) in [4.78, 5) is 31.0. The van der Waals surface area contributed by atoms with Gasteiger partial charge in [0.1, 0.15) is 5.82 Å². The van der Waals surface area contributed by atoms with Gasteiger partial charge in [-0.05, 0) is 49.4 Å². The van der Waals surface area contributed by atoms with Crippen molar-refractivity contribution in [1.82, 2.24) is 25.0 Å². The quantitative estimate of drug-likeness (QED) is 0.683. The van der Waals surface area contributed by atoms with Gasteiger partial charge in [0.05, 0.1) is 29.2 Å². The van der Waals surface area contributed by atoms with Crippen molar-refractivity contribution >= 4 is 22.7 Å². The molecule has 3 aromatic rings. The van der Waals surface area contributed by atoms with Crippen LogP contribution in [0.15, 0.2) is 42.9 Å². The zero-order valence-electron chi connectivity index (χ0n) is 17.7. The van der Waals surface area contributed by atoms with Crippen LogP contribution in [0.2, 0.25) is 0 Å². The minimum absolute atomic E-state index is 0.0305. The van der Waals surface area contributed by atoms with Crippen molar-refractivity contribution in [3.05, 3.63) is 54.2 Å². The molecule has 162 valence electrons. The van der Waals surface area contributed by atoms with Gasteiger partial charge in [-0.2, -0.15) is 5.10 Å². The minimum Gasteiger partial charge on any atom is -0.349 e. The summed E-state index contributed by atoms with van der Waals surface area (Å²) < 4.78 is 14.9. The summed E-state index contributed by atoms with van der Waals surface area (Å²) in [6, 6.07) is 5.97. The number of halogens is 1. The van der Waals surface area contributed by atoms with Gasteiger partial charge in [0, 0.05) is 37.6 Å². The minimum atomic E-state index is -0.324. The van der Waals surface area contributed by atoms with Crippen molar-refractivity contribution in [2.75, 3.05) is 13.1 Å². The lowest BCUT2D eigenvalue weighted by atomic mass is 9.89. The van der Waals surface area contributed by atoms with E-state index in [0.717, 1.165) is 25.8 Å². The Morgan fingerprint density at radius 3 is 2.71 bits per heavy atom. The molecular weight excluding hydrogens is 397 g/mol. The van der Waals surface area contributed by atoms with Crippen molar-refractivity contribution < 1.29 is 14.0 Å². The van der Waals surface area contributed by atoms with Gasteiger partial charge in [-0.3, -0.25) is 14.6 Å². The Morgan fingerprint density at radius 1 is 1.23 bits per heavy atom. The Morgan fingerprint density at radius 2 is 2.00 bits per heavy atom. The zero-order valence-corrected chi connectivity index (χ0v) is 17.7. The Balaban J connectivity index is 1.57. The molecule has 31 heavy (non-hydrogen) atoms. The van der Waals surface area contributed by atoms with Crippen LogP contribution in [-0.4, -0.2) is 50.6 Å². The van der Waals surface area contributed by atoms with Crippen LogP contribution >= 0.6 is 0 Å². The lowest BCUT2D eigenvalue weighted by Gasteiger charge is -2.36. The van der Waals surface area contributed by atoms with E-state index in [1.165, 1.54) is 12.1 Å². The van der Waals surface area contributed by atoms with E-state index < -0.39 is 0 Å². The first-order valence-corrected chi connectivity index (χ1v) is 10.6. The lowest BCUT2D eigenvalue weighted by Crippen LogP contribution is -2.48. The zero-order chi connectivity index (χ0) is 22.0. The summed E-state index contributed by atoms with van der Waals surface area (Å²) in [5, 5.41) is 8.23. The molecule has 2 amide bonds. The number of hydrogen-bond donors (Lipinski definition) is 1. The second kappa shape index (κ2) is 8.83. The Kier molecular flexibility index (Phi) is 5.97. The van der Waals surface area contributed by atoms with E-state index in [2.05, 4.69) is 15.4 Å². The van der Waals surface area contributed by atoms with E-state index in [-0.39, 0.29) is 29.6 Å². The molecule has 3 heterocycles. The van der Waals surface area contributed by atoms with E-state index in [9.17, 15) is 14.0 Å². The van der Waals surface area contributed by atoms with Gasteiger partial charge in [0.2, 0.25) is 5.91 Å². The third-order valence-corrected chi connectivity index (χ3v) is 6.04. The van der Waals surface area contributed by atoms with Gasteiger partial charge < -0.3 is 10.2 Å². The smallest absolute Gasteiger partial charge is 0.253 e. The summed E-state index contributed by atoms with van der Waals surface area (Å²) in [7, 11) is 0. The molecule has 8 heteroatoms. The molecule has 7 nitrogen and oxygen atoms in total. The number of piperidine rings is 1. The van der Waals surface area contributed by atoms with Crippen LogP contribution in [0.1, 0.15) is 43.5 Å². The molecule has 1 aliphatic rings. The standard InChI is InChI=1S/C23H26FN5O2/c1-3-21(16-5-4-10-28(14-16)15(2)30)27-23(31)20-11-25-13-22-19(20)12-26-29(22)18-8-6-17(24)7-9-18/h6-9,11-13,16,21H,3-5,10,14H2,1-2H3,(H,27,31). The number of pyridine rings is 1. The highest BCUT2D eigenvalue weighted by Crippen LogP contribution is 2.24. The predicted octanol–water partition coefficient (Wildman–Crippen LogP) is 3.33. The summed E-state index contributed by atoms with van der Waals surface area (Å²) in [6.07, 6.45) is 7.52. The van der Waals surface area contributed by atoms with E-state index in [1.807, 2.05) is 11.8 Å². The first-order valence-electron chi connectivity index (χ1n) is 10.6. The molecule has 0 bridgehead atoms. The van der Waals surface area contributed by atoms with E-state index in [4.69, 9.17) is 0 Å². The Bertz CT molecular complexity index is 1100. The molecular formula is C23H26FN5O2. The van der Waals surface area contributed by atoms with Gasteiger partial charge >= 0.3 is 0 Å². The number of amides is 2. The average Bonchev–Trinajstić information content (AvgIpc) is 3.22. The highest BCUT2D eigenvalue weighted by Gasteiger charge is 2.29. The van der Waals surface area contributed by atoms with Crippen LogP contribution in [0, 0.1) is 11.7 Å². The fourth-order valence-corrected chi connectivity index (χ4v) is 4.33. The van der Waals surface area contributed by atoms with Crippen LogP contribution in [-0.2, 0) is 4.79 Å². The van der Waals surface area contributed by atoms with Crippen molar-refractivity contribution in [2.24, 2.45) is 5.92 Å². The van der Waals surface area contributed by atoms with E-state index in [0.29, 0.717) is 28.7 Å². The van der Waals surface area contributed by atoms with Crippen molar-refractivity contribution in [1.29, 1.82) is 0 Å². The molecule has 2 aromatic heterocycles. The topological polar surface area (TPSA) is 80.1 Å². The molecule has 1 aromatic carbocycles. The number of rotatable bonds is 5.